The highest BCUT2D eigenvalue weighted by Crippen LogP contribution is 2.23. The monoisotopic (exact) mass is 225 g/mol. The van der Waals surface area contributed by atoms with Gasteiger partial charge in [-0.1, -0.05) is 11.8 Å². The van der Waals surface area contributed by atoms with E-state index >= 15 is 0 Å². The maximum Gasteiger partial charge on any atom is 0.339 e. The molecule has 0 saturated carbocycles. The molecule has 0 amide bonds. The highest BCUT2D eigenvalue weighted by atomic mass is 32.2. The van der Waals surface area contributed by atoms with E-state index in [0.717, 1.165) is 0 Å². The second-order valence-electron chi connectivity index (χ2n) is 2.65. The van der Waals surface area contributed by atoms with E-state index < -0.39 is 5.97 Å². The number of carboxylic acids is 1. The van der Waals surface area contributed by atoms with Crippen molar-refractivity contribution in [2.75, 3.05) is 0 Å². The van der Waals surface area contributed by atoms with Crippen molar-refractivity contribution in [3.05, 3.63) is 36.1 Å². The lowest BCUT2D eigenvalue weighted by molar-refractivity contribution is 0.0695. The fourth-order valence-corrected chi connectivity index (χ4v) is 1.79. The first kappa shape index (κ1) is 9.85. The van der Waals surface area contributed by atoms with Crippen molar-refractivity contribution in [1.82, 2.24) is 4.98 Å². The van der Waals surface area contributed by atoms with Gasteiger partial charge in [0.05, 0.1) is 18.2 Å². The van der Waals surface area contributed by atoms with Crippen LogP contribution in [0.25, 0.3) is 0 Å². The zero-order chi connectivity index (χ0) is 10.7. The highest BCUT2D eigenvalue weighted by Gasteiger charge is 2.14. The molecule has 0 unspecified atom stereocenters. The number of hydrogen-bond acceptors (Lipinski definition) is 5. The van der Waals surface area contributed by atoms with Crippen LogP contribution in [0.5, 0.6) is 0 Å². The summed E-state index contributed by atoms with van der Waals surface area (Å²) in [6, 6.07) is 1.42. The number of carboxylic acid groups (broad SMARTS) is 1. The van der Waals surface area contributed by atoms with Crippen molar-refractivity contribution < 1.29 is 18.7 Å². The van der Waals surface area contributed by atoms with Crippen LogP contribution in [0.4, 0.5) is 0 Å². The number of furan rings is 1. The molecular weight excluding hydrogens is 218 g/mol. The van der Waals surface area contributed by atoms with Gasteiger partial charge >= 0.3 is 5.97 Å². The summed E-state index contributed by atoms with van der Waals surface area (Å²) >= 11 is 1.28. The van der Waals surface area contributed by atoms with Crippen LogP contribution in [-0.2, 0) is 5.75 Å². The molecule has 0 fully saturated rings. The lowest BCUT2D eigenvalue weighted by atomic mass is 10.3. The van der Waals surface area contributed by atoms with E-state index in [-0.39, 0.29) is 5.56 Å². The van der Waals surface area contributed by atoms with Crippen molar-refractivity contribution in [2.24, 2.45) is 0 Å². The van der Waals surface area contributed by atoms with Gasteiger partial charge in [0.15, 0.2) is 0 Å². The summed E-state index contributed by atoms with van der Waals surface area (Å²) in [6.45, 7) is 0. The number of carbonyl (C=O) groups is 1. The Kier molecular flexibility index (Phi) is 2.77. The second kappa shape index (κ2) is 4.22. The van der Waals surface area contributed by atoms with Crippen LogP contribution in [0.1, 0.15) is 16.1 Å². The summed E-state index contributed by atoms with van der Waals surface area (Å²) in [6.07, 6.45) is 4.35. The minimum Gasteiger partial charge on any atom is -0.478 e. The average molecular weight is 225 g/mol. The second-order valence-corrected chi connectivity index (χ2v) is 3.58. The third kappa shape index (κ3) is 2.21. The van der Waals surface area contributed by atoms with Gasteiger partial charge < -0.3 is 13.9 Å². The van der Waals surface area contributed by atoms with Crippen LogP contribution >= 0.6 is 11.8 Å². The molecule has 0 atom stereocenters. The van der Waals surface area contributed by atoms with E-state index in [1.165, 1.54) is 36.6 Å². The van der Waals surface area contributed by atoms with Crippen molar-refractivity contribution in [2.45, 2.75) is 11.0 Å². The first-order valence-electron chi connectivity index (χ1n) is 4.09. The molecule has 2 heterocycles. The van der Waals surface area contributed by atoms with Gasteiger partial charge in [-0.3, -0.25) is 0 Å². The lowest BCUT2D eigenvalue weighted by Crippen LogP contribution is -1.97. The molecule has 2 aromatic heterocycles. The lowest BCUT2D eigenvalue weighted by Gasteiger charge is -1.95. The Morgan fingerprint density at radius 3 is 3.00 bits per heavy atom. The Morgan fingerprint density at radius 1 is 1.47 bits per heavy atom. The Hall–Kier alpha value is -1.69. The third-order valence-electron chi connectivity index (χ3n) is 1.71. The Bertz CT molecular complexity index is 448. The number of rotatable bonds is 4. The van der Waals surface area contributed by atoms with Gasteiger partial charge in [-0.05, 0) is 6.07 Å². The van der Waals surface area contributed by atoms with Gasteiger partial charge in [0.2, 0.25) is 0 Å². The van der Waals surface area contributed by atoms with Gasteiger partial charge in [0.1, 0.15) is 17.6 Å². The normalized spacial score (nSPS) is 10.4. The zero-order valence-electron chi connectivity index (χ0n) is 7.54. The average Bonchev–Trinajstić information content (AvgIpc) is 2.86. The molecular formula is C9H7NO4S. The summed E-state index contributed by atoms with van der Waals surface area (Å²) in [5.41, 5.74) is 0.175. The van der Waals surface area contributed by atoms with Gasteiger partial charge in [-0.25, -0.2) is 9.78 Å². The molecule has 0 aliphatic rings. The first-order valence-corrected chi connectivity index (χ1v) is 5.08. The molecule has 1 N–H and O–H groups in total. The molecule has 0 aromatic carbocycles. The largest absolute Gasteiger partial charge is 0.478 e. The van der Waals surface area contributed by atoms with Crippen molar-refractivity contribution >= 4 is 17.7 Å². The predicted octanol–water partition coefficient (Wildman–Crippen LogP) is 2.26. The molecule has 2 aromatic rings. The van der Waals surface area contributed by atoms with Gasteiger partial charge in [-0.15, -0.1) is 0 Å². The number of oxazole rings is 1. The number of nitrogens with zero attached hydrogens (tertiary/aromatic N) is 1. The quantitative estimate of drug-likeness (QED) is 0.804. The van der Waals surface area contributed by atoms with E-state index in [9.17, 15) is 4.79 Å². The Balaban J connectivity index is 2.05. The molecule has 0 saturated heterocycles. The van der Waals surface area contributed by atoms with E-state index in [2.05, 4.69) is 4.98 Å². The molecule has 0 aliphatic carbocycles. The summed E-state index contributed by atoms with van der Waals surface area (Å²) in [5, 5.41) is 9.29. The SMILES string of the molecule is O=C(O)c1ccoc1CSc1ncco1. The van der Waals surface area contributed by atoms with Gasteiger partial charge in [0.25, 0.3) is 5.22 Å². The first-order chi connectivity index (χ1) is 7.27. The molecule has 0 aliphatic heterocycles. The number of aromatic carboxylic acids is 1. The third-order valence-corrected chi connectivity index (χ3v) is 2.57. The van der Waals surface area contributed by atoms with E-state index in [1.54, 1.807) is 0 Å². The minimum atomic E-state index is -0.994. The maximum absolute atomic E-state index is 10.7. The van der Waals surface area contributed by atoms with E-state index in [4.69, 9.17) is 13.9 Å². The summed E-state index contributed by atoms with van der Waals surface area (Å²) in [7, 11) is 0. The van der Waals surface area contributed by atoms with Crippen LogP contribution < -0.4 is 0 Å². The van der Waals surface area contributed by atoms with Crippen LogP contribution in [0.2, 0.25) is 0 Å². The van der Waals surface area contributed by atoms with Crippen molar-refractivity contribution in [3.63, 3.8) is 0 Å². The number of thioether (sulfide) groups is 1. The molecule has 2 rings (SSSR count). The zero-order valence-corrected chi connectivity index (χ0v) is 8.36. The topological polar surface area (TPSA) is 76.5 Å². The number of aromatic nitrogens is 1. The van der Waals surface area contributed by atoms with Gasteiger partial charge in [-0.2, -0.15) is 0 Å². The van der Waals surface area contributed by atoms with Crippen LogP contribution in [0, 0.1) is 0 Å². The highest BCUT2D eigenvalue weighted by molar-refractivity contribution is 7.98. The fourth-order valence-electron chi connectivity index (χ4n) is 1.05. The van der Waals surface area contributed by atoms with Crippen molar-refractivity contribution in [1.29, 1.82) is 0 Å². The Morgan fingerprint density at radius 2 is 2.33 bits per heavy atom. The molecule has 15 heavy (non-hydrogen) atoms. The molecule has 6 heteroatoms. The number of hydrogen-bond donors (Lipinski definition) is 1. The minimum absolute atomic E-state index is 0.175. The van der Waals surface area contributed by atoms with Crippen LogP contribution in [0.15, 0.2) is 38.8 Å². The molecule has 78 valence electrons. The summed E-state index contributed by atoms with van der Waals surface area (Å²) < 4.78 is 10.0. The molecule has 0 bridgehead atoms. The van der Waals surface area contributed by atoms with Crippen LogP contribution in [-0.4, -0.2) is 16.1 Å². The Labute approximate surface area is 89.1 Å². The predicted molar refractivity (Wildman–Crippen MR) is 51.7 cm³/mol. The molecule has 0 spiro atoms. The molecule has 0 radical (unpaired) electrons. The summed E-state index contributed by atoms with van der Waals surface area (Å²) in [5.74, 6) is -0.202. The van der Waals surface area contributed by atoms with Crippen LogP contribution in [0.3, 0.4) is 0 Å². The van der Waals surface area contributed by atoms with Gasteiger partial charge in [0, 0.05) is 0 Å². The van der Waals surface area contributed by atoms with E-state index in [1.807, 2.05) is 0 Å². The van der Waals surface area contributed by atoms with Crippen molar-refractivity contribution in [3.8, 4) is 0 Å². The smallest absolute Gasteiger partial charge is 0.339 e. The molecule has 5 nitrogen and oxygen atoms in total. The van der Waals surface area contributed by atoms with E-state index in [0.29, 0.717) is 16.7 Å². The standard InChI is InChI=1S/C9H7NO4S/c11-8(12)6-1-3-13-7(6)5-15-9-10-2-4-14-9/h1-4H,5H2,(H,11,12). The fraction of sp³-hybridized carbons (Fsp3) is 0.111. The summed E-state index contributed by atoms with van der Waals surface area (Å²) in [4.78, 5) is 14.6. The maximum atomic E-state index is 10.7.